The predicted octanol–water partition coefficient (Wildman–Crippen LogP) is 3.05. The zero-order valence-corrected chi connectivity index (χ0v) is 12.6. The number of methoxy groups -OCH3 is 1. The summed E-state index contributed by atoms with van der Waals surface area (Å²) in [4.78, 5) is 15.4. The van der Waals surface area contributed by atoms with E-state index in [0.717, 1.165) is 10.0 Å². The molecule has 1 aromatic carbocycles. The van der Waals surface area contributed by atoms with Gasteiger partial charge in [-0.1, -0.05) is 0 Å². The highest BCUT2D eigenvalue weighted by molar-refractivity contribution is 9.10. The number of hydrogen-bond donors (Lipinski definition) is 1. The number of pyridine rings is 1. The summed E-state index contributed by atoms with van der Waals surface area (Å²) in [6.07, 6.45) is 1.64. The summed E-state index contributed by atoms with van der Waals surface area (Å²) in [7, 11) is 1.50. The first-order chi connectivity index (χ1) is 9.51. The third-order valence-electron chi connectivity index (χ3n) is 2.67. The maximum absolute atomic E-state index is 11.3. The van der Waals surface area contributed by atoms with E-state index in [1.807, 2.05) is 13.0 Å². The van der Waals surface area contributed by atoms with E-state index in [2.05, 4.69) is 20.9 Å². The van der Waals surface area contributed by atoms with E-state index in [1.54, 1.807) is 24.4 Å². The molecule has 0 aliphatic rings. The molecule has 0 unspecified atom stereocenters. The molecule has 0 saturated heterocycles. The standard InChI is InChI=1S/C14H13BrN2O3/c1-8-3-4-17-14(12(8)15)20-11-6-9(13(16)18)5-10(7-11)19-2/h3-7H,1-2H3,(H2,16,18). The molecule has 0 atom stereocenters. The average molecular weight is 337 g/mol. The van der Waals surface area contributed by atoms with Gasteiger partial charge >= 0.3 is 0 Å². The van der Waals surface area contributed by atoms with E-state index < -0.39 is 5.91 Å². The van der Waals surface area contributed by atoms with Gasteiger partial charge in [-0.3, -0.25) is 4.79 Å². The highest BCUT2D eigenvalue weighted by Gasteiger charge is 2.11. The number of halogens is 1. The molecule has 2 N–H and O–H groups in total. The second kappa shape index (κ2) is 5.92. The van der Waals surface area contributed by atoms with Crippen molar-refractivity contribution in [1.29, 1.82) is 0 Å². The summed E-state index contributed by atoms with van der Waals surface area (Å²) in [5, 5.41) is 0. The van der Waals surface area contributed by atoms with Gasteiger partial charge in [0.05, 0.1) is 11.6 Å². The number of carbonyl (C=O) groups excluding carboxylic acids is 1. The van der Waals surface area contributed by atoms with Crippen molar-refractivity contribution in [2.75, 3.05) is 7.11 Å². The van der Waals surface area contributed by atoms with Gasteiger partial charge in [0.25, 0.3) is 0 Å². The minimum atomic E-state index is -0.551. The van der Waals surface area contributed by atoms with Crippen LogP contribution in [0.1, 0.15) is 15.9 Å². The number of primary amides is 1. The summed E-state index contributed by atoms with van der Waals surface area (Å²) >= 11 is 3.41. The van der Waals surface area contributed by atoms with Crippen LogP contribution in [0.4, 0.5) is 0 Å². The molecule has 0 saturated carbocycles. The number of aryl methyl sites for hydroxylation is 1. The maximum atomic E-state index is 11.3. The molecule has 104 valence electrons. The maximum Gasteiger partial charge on any atom is 0.248 e. The Hall–Kier alpha value is -2.08. The minimum Gasteiger partial charge on any atom is -0.497 e. The second-order valence-electron chi connectivity index (χ2n) is 4.11. The van der Waals surface area contributed by atoms with Crippen LogP contribution in [0.2, 0.25) is 0 Å². The molecule has 2 aromatic rings. The van der Waals surface area contributed by atoms with Gasteiger partial charge in [-0.15, -0.1) is 0 Å². The van der Waals surface area contributed by atoms with Gasteiger partial charge in [0.15, 0.2) is 0 Å². The minimum absolute atomic E-state index is 0.308. The van der Waals surface area contributed by atoms with Gasteiger partial charge in [0, 0.05) is 17.8 Å². The lowest BCUT2D eigenvalue weighted by Gasteiger charge is -2.10. The number of nitrogens with zero attached hydrogens (tertiary/aromatic N) is 1. The van der Waals surface area contributed by atoms with Crippen LogP contribution in [0.5, 0.6) is 17.4 Å². The molecule has 0 aliphatic carbocycles. The molecule has 0 radical (unpaired) electrons. The van der Waals surface area contributed by atoms with Crippen LogP contribution in [0, 0.1) is 6.92 Å². The fourth-order valence-corrected chi connectivity index (χ4v) is 1.90. The molecular formula is C14H13BrN2O3. The second-order valence-corrected chi connectivity index (χ2v) is 4.90. The Balaban J connectivity index is 2.40. The van der Waals surface area contributed by atoms with Gasteiger partial charge < -0.3 is 15.2 Å². The molecule has 0 spiro atoms. The average Bonchev–Trinajstić information content (AvgIpc) is 2.43. The Labute approximate surface area is 124 Å². The lowest BCUT2D eigenvalue weighted by atomic mass is 10.2. The quantitative estimate of drug-likeness (QED) is 0.930. The normalized spacial score (nSPS) is 10.2. The number of rotatable bonds is 4. The third-order valence-corrected chi connectivity index (χ3v) is 3.63. The number of amides is 1. The fraction of sp³-hybridized carbons (Fsp3) is 0.143. The van der Waals surface area contributed by atoms with Crippen LogP contribution in [-0.4, -0.2) is 18.0 Å². The van der Waals surface area contributed by atoms with Crippen LogP contribution in [0.15, 0.2) is 34.9 Å². The number of hydrogen-bond acceptors (Lipinski definition) is 4. The topological polar surface area (TPSA) is 74.4 Å². The zero-order valence-electron chi connectivity index (χ0n) is 11.0. The van der Waals surface area contributed by atoms with Gasteiger partial charge in [-0.25, -0.2) is 4.98 Å². The van der Waals surface area contributed by atoms with Crippen LogP contribution in [0.3, 0.4) is 0 Å². The van der Waals surface area contributed by atoms with Crippen molar-refractivity contribution in [3.05, 3.63) is 46.1 Å². The van der Waals surface area contributed by atoms with E-state index >= 15 is 0 Å². The molecule has 2 rings (SSSR count). The summed E-state index contributed by atoms with van der Waals surface area (Å²) in [5.41, 5.74) is 6.58. The number of benzene rings is 1. The Kier molecular flexibility index (Phi) is 4.24. The van der Waals surface area contributed by atoms with E-state index in [1.165, 1.54) is 7.11 Å². The third kappa shape index (κ3) is 3.08. The highest BCUT2D eigenvalue weighted by Crippen LogP contribution is 2.32. The zero-order chi connectivity index (χ0) is 14.7. The highest BCUT2D eigenvalue weighted by atomic mass is 79.9. The number of aromatic nitrogens is 1. The molecule has 1 aromatic heterocycles. The molecule has 1 heterocycles. The molecule has 0 fully saturated rings. The molecule has 0 aliphatic heterocycles. The van der Waals surface area contributed by atoms with Crippen molar-refractivity contribution >= 4 is 21.8 Å². The summed E-state index contributed by atoms with van der Waals surface area (Å²) in [6.45, 7) is 1.93. The Morgan fingerprint density at radius 3 is 2.65 bits per heavy atom. The smallest absolute Gasteiger partial charge is 0.248 e. The molecule has 5 nitrogen and oxygen atoms in total. The molecule has 6 heteroatoms. The Bertz CT molecular complexity index is 659. The van der Waals surface area contributed by atoms with Crippen molar-refractivity contribution in [2.24, 2.45) is 5.73 Å². The number of carbonyl (C=O) groups is 1. The lowest BCUT2D eigenvalue weighted by Crippen LogP contribution is -2.11. The van der Waals surface area contributed by atoms with E-state index in [0.29, 0.717) is 22.9 Å². The van der Waals surface area contributed by atoms with Crippen molar-refractivity contribution in [3.8, 4) is 17.4 Å². The van der Waals surface area contributed by atoms with Gasteiger partial charge in [0.2, 0.25) is 11.8 Å². The lowest BCUT2D eigenvalue weighted by molar-refractivity contribution is 0.0999. The van der Waals surface area contributed by atoms with Crippen LogP contribution < -0.4 is 15.2 Å². The molecular weight excluding hydrogens is 324 g/mol. The number of nitrogens with two attached hydrogens (primary N) is 1. The molecule has 1 amide bonds. The SMILES string of the molecule is COc1cc(Oc2nccc(C)c2Br)cc(C(N)=O)c1. The van der Waals surface area contributed by atoms with Crippen molar-refractivity contribution < 1.29 is 14.3 Å². The van der Waals surface area contributed by atoms with Crippen LogP contribution in [0.25, 0.3) is 0 Å². The van der Waals surface area contributed by atoms with Crippen molar-refractivity contribution in [1.82, 2.24) is 4.98 Å². The van der Waals surface area contributed by atoms with Crippen LogP contribution >= 0.6 is 15.9 Å². The first-order valence-corrected chi connectivity index (χ1v) is 6.58. The summed E-state index contributed by atoms with van der Waals surface area (Å²) < 4.78 is 11.5. The first-order valence-electron chi connectivity index (χ1n) is 5.79. The monoisotopic (exact) mass is 336 g/mol. The van der Waals surface area contributed by atoms with Crippen molar-refractivity contribution in [3.63, 3.8) is 0 Å². The largest absolute Gasteiger partial charge is 0.497 e. The van der Waals surface area contributed by atoms with Gasteiger partial charge in [-0.05, 0) is 46.6 Å². The van der Waals surface area contributed by atoms with Gasteiger partial charge in [-0.2, -0.15) is 0 Å². The van der Waals surface area contributed by atoms with Gasteiger partial charge in [0.1, 0.15) is 11.5 Å². The fourth-order valence-electron chi connectivity index (χ4n) is 1.59. The summed E-state index contributed by atoms with van der Waals surface area (Å²) in [6, 6.07) is 6.61. The van der Waals surface area contributed by atoms with E-state index in [-0.39, 0.29) is 0 Å². The molecule has 0 bridgehead atoms. The predicted molar refractivity (Wildman–Crippen MR) is 78.3 cm³/mol. The summed E-state index contributed by atoms with van der Waals surface area (Å²) in [5.74, 6) is 0.774. The van der Waals surface area contributed by atoms with E-state index in [4.69, 9.17) is 15.2 Å². The van der Waals surface area contributed by atoms with E-state index in [9.17, 15) is 4.79 Å². The number of ether oxygens (including phenoxy) is 2. The molecule has 20 heavy (non-hydrogen) atoms. The van der Waals surface area contributed by atoms with Crippen LogP contribution in [-0.2, 0) is 0 Å². The Morgan fingerprint density at radius 1 is 1.30 bits per heavy atom. The van der Waals surface area contributed by atoms with Crippen molar-refractivity contribution in [2.45, 2.75) is 6.92 Å². The first kappa shape index (κ1) is 14.3. The Morgan fingerprint density at radius 2 is 2.00 bits per heavy atom.